The van der Waals surface area contributed by atoms with Crippen LogP contribution in [0.5, 0.6) is 0 Å². The van der Waals surface area contributed by atoms with Crippen LogP contribution < -0.4 is 0 Å². The average Bonchev–Trinajstić information content (AvgIpc) is 2.78. The summed E-state index contributed by atoms with van der Waals surface area (Å²) in [6, 6.07) is 7.68. The molecule has 0 aliphatic rings. The van der Waals surface area contributed by atoms with Gasteiger partial charge in [-0.15, -0.1) is 10.2 Å². The van der Waals surface area contributed by atoms with Crippen molar-refractivity contribution in [2.24, 2.45) is 0 Å². The topological polar surface area (TPSA) is 63.8 Å². The lowest BCUT2D eigenvalue weighted by Crippen LogP contribution is -2.04. The van der Waals surface area contributed by atoms with Gasteiger partial charge in [0, 0.05) is 5.56 Å². The zero-order valence-corrected chi connectivity index (χ0v) is 9.33. The minimum Gasteiger partial charge on any atom is -0.392 e. The molecule has 1 heterocycles. The Morgan fingerprint density at radius 1 is 1.25 bits per heavy atom. The second-order valence-corrected chi connectivity index (χ2v) is 3.88. The van der Waals surface area contributed by atoms with E-state index >= 15 is 0 Å². The van der Waals surface area contributed by atoms with E-state index in [4.69, 9.17) is 5.11 Å². The summed E-state index contributed by atoms with van der Waals surface area (Å²) >= 11 is 0. The van der Waals surface area contributed by atoms with E-state index in [0.29, 0.717) is 5.82 Å². The highest BCUT2D eigenvalue weighted by Crippen LogP contribution is 2.15. The van der Waals surface area contributed by atoms with Crippen LogP contribution in [0, 0.1) is 0 Å². The average molecular weight is 218 g/mol. The van der Waals surface area contributed by atoms with Crippen molar-refractivity contribution in [3.63, 3.8) is 0 Å². The Kier molecular flexibility index (Phi) is 2.96. The van der Waals surface area contributed by atoms with Gasteiger partial charge in [0.25, 0.3) is 0 Å². The lowest BCUT2D eigenvalue weighted by molar-refractivity contribution is 0.282. The first-order valence-electron chi connectivity index (χ1n) is 5.20. The molecule has 0 unspecified atom stereocenters. The maximum atomic E-state index is 8.93. The van der Waals surface area contributed by atoms with Crippen LogP contribution in [0.25, 0.3) is 11.4 Å². The maximum Gasteiger partial charge on any atom is 0.204 e. The molecule has 0 aliphatic carbocycles. The van der Waals surface area contributed by atoms with Gasteiger partial charge in [0.2, 0.25) is 5.82 Å². The number of hydrogen-bond donors (Lipinski definition) is 1. The third kappa shape index (κ3) is 2.09. The first kappa shape index (κ1) is 10.8. The van der Waals surface area contributed by atoms with Gasteiger partial charge in [0.15, 0.2) is 0 Å². The fourth-order valence-corrected chi connectivity index (χ4v) is 1.32. The molecule has 5 nitrogen and oxygen atoms in total. The SMILES string of the molecule is CC(C)n1nnc(-c2ccc(CO)cc2)n1. The molecule has 16 heavy (non-hydrogen) atoms. The van der Waals surface area contributed by atoms with E-state index in [9.17, 15) is 0 Å². The molecule has 1 aromatic heterocycles. The zero-order valence-electron chi connectivity index (χ0n) is 9.33. The quantitative estimate of drug-likeness (QED) is 0.846. The smallest absolute Gasteiger partial charge is 0.204 e. The van der Waals surface area contributed by atoms with Crippen LogP contribution in [-0.4, -0.2) is 25.3 Å². The molecule has 2 rings (SSSR count). The van der Waals surface area contributed by atoms with Crippen molar-refractivity contribution in [3.05, 3.63) is 29.8 Å². The second kappa shape index (κ2) is 4.40. The normalized spacial score (nSPS) is 11.0. The Bertz CT molecular complexity index is 461. The van der Waals surface area contributed by atoms with Crippen LogP contribution in [0.2, 0.25) is 0 Å². The van der Waals surface area contributed by atoms with E-state index in [1.165, 1.54) is 0 Å². The Balaban J connectivity index is 2.28. The molecule has 0 bridgehead atoms. The first-order valence-corrected chi connectivity index (χ1v) is 5.20. The highest BCUT2D eigenvalue weighted by atomic mass is 16.3. The first-order chi connectivity index (χ1) is 7.70. The number of aromatic nitrogens is 4. The molecule has 0 amide bonds. The molecule has 84 valence electrons. The van der Waals surface area contributed by atoms with Gasteiger partial charge in [0.1, 0.15) is 0 Å². The van der Waals surface area contributed by atoms with Crippen LogP contribution in [0.3, 0.4) is 0 Å². The molecule has 0 aliphatic heterocycles. The van der Waals surface area contributed by atoms with Gasteiger partial charge in [-0.25, -0.2) is 0 Å². The molecule has 0 saturated carbocycles. The number of rotatable bonds is 3. The molecular weight excluding hydrogens is 204 g/mol. The van der Waals surface area contributed by atoms with Crippen molar-refractivity contribution in [2.45, 2.75) is 26.5 Å². The lowest BCUT2D eigenvalue weighted by atomic mass is 10.1. The molecule has 0 radical (unpaired) electrons. The number of benzene rings is 1. The van der Waals surface area contributed by atoms with Crippen LogP contribution in [0.1, 0.15) is 25.5 Å². The van der Waals surface area contributed by atoms with Crippen molar-refractivity contribution in [3.8, 4) is 11.4 Å². The molecule has 2 aromatic rings. The number of aliphatic hydroxyl groups excluding tert-OH is 1. The summed E-state index contributed by atoms with van der Waals surface area (Å²) in [6.07, 6.45) is 0. The zero-order chi connectivity index (χ0) is 11.5. The Labute approximate surface area is 93.7 Å². The molecule has 1 N–H and O–H groups in total. The van der Waals surface area contributed by atoms with E-state index in [1.807, 2.05) is 38.1 Å². The minimum absolute atomic E-state index is 0.0480. The van der Waals surface area contributed by atoms with E-state index < -0.39 is 0 Å². The van der Waals surface area contributed by atoms with Gasteiger partial charge in [-0.05, 0) is 24.6 Å². The fraction of sp³-hybridized carbons (Fsp3) is 0.364. The third-order valence-corrected chi connectivity index (χ3v) is 2.28. The maximum absolute atomic E-state index is 8.93. The largest absolute Gasteiger partial charge is 0.392 e. The molecule has 5 heteroatoms. The van der Waals surface area contributed by atoms with Crippen molar-refractivity contribution in [2.75, 3.05) is 0 Å². The van der Waals surface area contributed by atoms with Gasteiger partial charge in [0.05, 0.1) is 12.6 Å². The monoisotopic (exact) mass is 218 g/mol. The van der Waals surface area contributed by atoms with Crippen LogP contribution in [-0.2, 0) is 6.61 Å². The number of hydrogen-bond acceptors (Lipinski definition) is 4. The lowest BCUT2D eigenvalue weighted by Gasteiger charge is -2.00. The number of nitrogens with zero attached hydrogens (tertiary/aromatic N) is 4. The predicted octanol–water partition coefficient (Wildman–Crippen LogP) is 1.41. The summed E-state index contributed by atoms with van der Waals surface area (Å²) in [5, 5.41) is 21.1. The van der Waals surface area contributed by atoms with E-state index in [0.717, 1.165) is 11.1 Å². The molecule has 0 atom stereocenters. The van der Waals surface area contributed by atoms with E-state index in [-0.39, 0.29) is 12.6 Å². The van der Waals surface area contributed by atoms with Crippen LogP contribution in [0.4, 0.5) is 0 Å². The van der Waals surface area contributed by atoms with E-state index in [2.05, 4.69) is 15.4 Å². The molecule has 0 saturated heterocycles. The summed E-state index contributed by atoms with van der Waals surface area (Å²) in [4.78, 5) is 1.58. The Morgan fingerprint density at radius 3 is 2.44 bits per heavy atom. The van der Waals surface area contributed by atoms with Crippen LogP contribution >= 0.6 is 0 Å². The molecular formula is C11H14N4O. The highest BCUT2D eigenvalue weighted by Gasteiger charge is 2.07. The van der Waals surface area contributed by atoms with Crippen LogP contribution in [0.15, 0.2) is 24.3 Å². The van der Waals surface area contributed by atoms with Gasteiger partial charge >= 0.3 is 0 Å². The minimum atomic E-state index is 0.0480. The second-order valence-electron chi connectivity index (χ2n) is 3.88. The predicted molar refractivity (Wildman–Crippen MR) is 59.6 cm³/mol. The fourth-order valence-electron chi connectivity index (χ4n) is 1.32. The summed E-state index contributed by atoms with van der Waals surface area (Å²) < 4.78 is 0. The Morgan fingerprint density at radius 2 is 1.94 bits per heavy atom. The van der Waals surface area contributed by atoms with Crippen molar-refractivity contribution in [1.82, 2.24) is 20.2 Å². The molecule has 0 fully saturated rings. The summed E-state index contributed by atoms with van der Waals surface area (Å²) in [6.45, 7) is 4.05. The summed E-state index contributed by atoms with van der Waals surface area (Å²) in [5.74, 6) is 0.609. The van der Waals surface area contributed by atoms with Crippen molar-refractivity contribution < 1.29 is 5.11 Å². The summed E-state index contributed by atoms with van der Waals surface area (Å²) in [5.41, 5.74) is 1.78. The Hall–Kier alpha value is -1.75. The van der Waals surface area contributed by atoms with Gasteiger partial charge < -0.3 is 5.11 Å². The molecule has 0 spiro atoms. The number of aliphatic hydroxyl groups is 1. The van der Waals surface area contributed by atoms with Crippen molar-refractivity contribution >= 4 is 0 Å². The van der Waals surface area contributed by atoms with Gasteiger partial charge in [-0.1, -0.05) is 24.3 Å². The van der Waals surface area contributed by atoms with E-state index in [1.54, 1.807) is 4.80 Å². The summed E-state index contributed by atoms with van der Waals surface area (Å²) in [7, 11) is 0. The molecule has 1 aromatic carbocycles. The standard InChI is InChI=1S/C11H14N4O/c1-8(2)15-13-11(12-14-15)10-5-3-9(7-16)4-6-10/h3-6,8,16H,7H2,1-2H3. The number of tetrazole rings is 1. The third-order valence-electron chi connectivity index (χ3n) is 2.28. The van der Waals surface area contributed by atoms with Crippen molar-refractivity contribution in [1.29, 1.82) is 0 Å². The highest BCUT2D eigenvalue weighted by molar-refractivity contribution is 5.54. The van der Waals surface area contributed by atoms with Gasteiger partial charge in [-0.3, -0.25) is 0 Å². The van der Waals surface area contributed by atoms with Gasteiger partial charge in [-0.2, -0.15) is 4.80 Å².